The van der Waals surface area contributed by atoms with Gasteiger partial charge in [0.25, 0.3) is 0 Å². The van der Waals surface area contributed by atoms with Crippen molar-refractivity contribution in [2.24, 2.45) is 17.1 Å². The predicted octanol–water partition coefficient (Wildman–Crippen LogP) is 3.35. The average Bonchev–Trinajstić information content (AvgIpc) is 3.43. The van der Waals surface area contributed by atoms with E-state index in [1.807, 2.05) is 6.07 Å². The zero-order valence-corrected chi connectivity index (χ0v) is 18.9. The molecule has 1 saturated heterocycles. The van der Waals surface area contributed by atoms with Gasteiger partial charge in [0, 0.05) is 26.1 Å². The number of likely N-dealkylation sites (tertiary alicyclic amines) is 1. The molecule has 2 heterocycles. The van der Waals surface area contributed by atoms with Crippen LogP contribution in [0.5, 0.6) is 0 Å². The summed E-state index contributed by atoms with van der Waals surface area (Å²) in [5.74, 6) is 1.74. The van der Waals surface area contributed by atoms with Crippen molar-refractivity contribution in [3.63, 3.8) is 0 Å². The van der Waals surface area contributed by atoms with Crippen LogP contribution in [0.2, 0.25) is 0 Å². The Morgan fingerprint density at radius 1 is 1.17 bits per heavy atom. The highest BCUT2D eigenvalue weighted by Crippen LogP contribution is 2.34. The van der Waals surface area contributed by atoms with Gasteiger partial charge < -0.3 is 15.2 Å². The number of imidazole rings is 1. The summed E-state index contributed by atoms with van der Waals surface area (Å²) in [6, 6.07) is 4.90. The molecule has 0 unspecified atom stereocenters. The number of amides is 2. The molecule has 1 aromatic carbocycles. The first-order chi connectivity index (χ1) is 14.0. The highest BCUT2D eigenvalue weighted by molar-refractivity contribution is 7.92. The van der Waals surface area contributed by atoms with Crippen molar-refractivity contribution in [2.45, 2.75) is 69.6 Å². The zero-order valence-electron chi connectivity index (χ0n) is 18.1. The molecule has 2 fully saturated rings. The van der Waals surface area contributed by atoms with E-state index < -0.39 is 21.1 Å². The molecular weight excluding hydrogens is 400 g/mol. The van der Waals surface area contributed by atoms with Crippen LogP contribution >= 0.6 is 0 Å². The molecule has 8 heteroatoms. The Kier molecular flexibility index (Phi) is 5.33. The Balaban J connectivity index is 1.65. The summed E-state index contributed by atoms with van der Waals surface area (Å²) < 4.78 is 28.8. The number of rotatable bonds is 5. The Hall–Kier alpha value is -2.09. The fourth-order valence-electron chi connectivity index (χ4n) is 4.29. The van der Waals surface area contributed by atoms with Crippen molar-refractivity contribution in [3.05, 3.63) is 24.0 Å². The van der Waals surface area contributed by atoms with Crippen LogP contribution in [-0.4, -0.2) is 47.2 Å². The van der Waals surface area contributed by atoms with Gasteiger partial charge in [0.1, 0.15) is 5.82 Å². The molecule has 2 aromatic rings. The molecule has 4 rings (SSSR count). The molecule has 2 N–H and O–H groups in total. The Labute approximate surface area is 178 Å². The number of hydrogen-bond donors (Lipinski definition) is 1. The second-order valence-corrected chi connectivity index (χ2v) is 12.3. The van der Waals surface area contributed by atoms with E-state index in [1.54, 1.807) is 12.1 Å². The second kappa shape index (κ2) is 7.55. The van der Waals surface area contributed by atoms with Gasteiger partial charge >= 0.3 is 6.03 Å². The molecule has 7 nitrogen and oxygen atoms in total. The summed E-state index contributed by atoms with van der Waals surface area (Å²) in [4.78, 5) is 18.0. The summed E-state index contributed by atoms with van der Waals surface area (Å²) in [7, 11) is -3.48. The number of aromatic nitrogens is 2. The van der Waals surface area contributed by atoms with E-state index in [9.17, 15) is 13.2 Å². The fraction of sp³-hybridized carbons (Fsp3) is 0.636. The molecule has 164 valence electrons. The lowest BCUT2D eigenvalue weighted by atomic mass is 9.92. The highest BCUT2D eigenvalue weighted by Gasteiger charge is 2.33. The van der Waals surface area contributed by atoms with Gasteiger partial charge in [-0.2, -0.15) is 0 Å². The molecule has 1 aromatic heterocycles. The third kappa shape index (κ3) is 4.33. The molecule has 0 spiro atoms. The van der Waals surface area contributed by atoms with Crippen LogP contribution in [0.3, 0.4) is 0 Å². The van der Waals surface area contributed by atoms with Gasteiger partial charge in [-0.3, -0.25) is 0 Å². The van der Waals surface area contributed by atoms with Crippen molar-refractivity contribution in [2.75, 3.05) is 13.1 Å². The van der Waals surface area contributed by atoms with Gasteiger partial charge in [-0.1, -0.05) is 20.8 Å². The minimum absolute atomic E-state index is 0.103. The molecular formula is C22H32N4O3S. The minimum atomic E-state index is -3.48. The molecule has 0 radical (unpaired) electrons. The quantitative estimate of drug-likeness (QED) is 0.783. The van der Waals surface area contributed by atoms with Crippen LogP contribution in [0.15, 0.2) is 23.1 Å². The highest BCUT2D eigenvalue weighted by atomic mass is 32.2. The number of sulfone groups is 1. The van der Waals surface area contributed by atoms with Gasteiger partial charge in [-0.25, -0.2) is 18.2 Å². The van der Waals surface area contributed by atoms with Crippen molar-refractivity contribution >= 4 is 26.9 Å². The Morgan fingerprint density at radius 2 is 1.83 bits per heavy atom. The molecule has 1 aliphatic heterocycles. The molecule has 0 bridgehead atoms. The summed E-state index contributed by atoms with van der Waals surface area (Å²) in [5.41, 5.74) is 7.20. The number of nitrogens with zero attached hydrogens (tertiary/aromatic N) is 3. The summed E-state index contributed by atoms with van der Waals surface area (Å²) in [6.45, 7) is 8.31. The molecule has 2 amide bonds. The van der Waals surface area contributed by atoms with Crippen LogP contribution in [0.4, 0.5) is 4.79 Å². The van der Waals surface area contributed by atoms with E-state index >= 15 is 0 Å². The molecule has 30 heavy (non-hydrogen) atoms. The lowest BCUT2D eigenvalue weighted by Crippen LogP contribution is -2.44. The van der Waals surface area contributed by atoms with Crippen LogP contribution < -0.4 is 5.73 Å². The summed E-state index contributed by atoms with van der Waals surface area (Å²) in [6.07, 6.45) is 4.18. The van der Waals surface area contributed by atoms with E-state index in [1.165, 1.54) is 17.7 Å². The molecule has 1 saturated carbocycles. The predicted molar refractivity (Wildman–Crippen MR) is 117 cm³/mol. The van der Waals surface area contributed by atoms with E-state index in [2.05, 4.69) is 25.3 Å². The number of benzene rings is 1. The number of urea groups is 1. The number of nitrogens with two attached hydrogens (primary N) is 1. The smallest absolute Gasteiger partial charge is 0.314 e. The van der Waals surface area contributed by atoms with Crippen molar-refractivity contribution in [1.29, 1.82) is 0 Å². The van der Waals surface area contributed by atoms with Crippen molar-refractivity contribution in [1.82, 2.24) is 14.5 Å². The summed E-state index contributed by atoms with van der Waals surface area (Å²) in [5, 5.41) is -0.492. The minimum Gasteiger partial charge on any atom is -0.351 e. The van der Waals surface area contributed by atoms with E-state index in [0.717, 1.165) is 29.8 Å². The molecule has 2 aliphatic rings. The number of fused-ring (bicyclic) bond motifs is 1. The second-order valence-electron chi connectivity index (χ2n) is 10.0. The SMILES string of the molecule is CC(C)(C)Cc1nc2cc(S(=O)(=O)C3CCN(C(N)=O)CC3)ccc2n1CC1CC1. The van der Waals surface area contributed by atoms with Crippen molar-refractivity contribution in [3.8, 4) is 0 Å². The largest absolute Gasteiger partial charge is 0.351 e. The maximum Gasteiger partial charge on any atom is 0.314 e. The van der Waals surface area contributed by atoms with Crippen LogP contribution in [0, 0.1) is 11.3 Å². The standard InChI is InChI=1S/C22H32N4O3S/c1-22(2,3)13-20-24-18-12-17(6-7-19(18)26(20)14-15-4-5-15)30(28,29)16-8-10-25(11-9-16)21(23)27/h6-7,12,15-16H,4-5,8-11,13-14H2,1-3H3,(H2,23,27). The monoisotopic (exact) mass is 432 g/mol. The van der Waals surface area contributed by atoms with Crippen molar-refractivity contribution < 1.29 is 13.2 Å². The first-order valence-corrected chi connectivity index (χ1v) is 12.4. The summed E-state index contributed by atoms with van der Waals surface area (Å²) >= 11 is 0. The normalized spacial score (nSPS) is 18.8. The molecule has 0 atom stereocenters. The number of carbonyl (C=O) groups excluding carboxylic acids is 1. The van der Waals surface area contributed by atoms with Gasteiger partial charge in [-0.05, 0) is 55.2 Å². The van der Waals surface area contributed by atoms with Crippen LogP contribution in [0.1, 0.15) is 52.3 Å². The van der Waals surface area contributed by atoms with Crippen LogP contribution in [0.25, 0.3) is 11.0 Å². The molecule has 1 aliphatic carbocycles. The topological polar surface area (TPSA) is 98.3 Å². The van der Waals surface area contributed by atoms with E-state index in [0.29, 0.717) is 36.7 Å². The van der Waals surface area contributed by atoms with Gasteiger partial charge in [0.05, 0.1) is 21.2 Å². The van der Waals surface area contributed by atoms with Crippen LogP contribution in [-0.2, 0) is 22.8 Å². The zero-order chi connectivity index (χ0) is 21.7. The lowest BCUT2D eigenvalue weighted by molar-refractivity contribution is 0.196. The van der Waals surface area contributed by atoms with Gasteiger partial charge in [0.2, 0.25) is 0 Å². The number of primary amides is 1. The third-order valence-electron chi connectivity index (χ3n) is 6.15. The fourth-order valence-corrected chi connectivity index (χ4v) is 6.04. The van der Waals surface area contributed by atoms with Gasteiger partial charge in [-0.15, -0.1) is 0 Å². The van der Waals surface area contributed by atoms with E-state index in [4.69, 9.17) is 10.7 Å². The number of hydrogen-bond acceptors (Lipinski definition) is 4. The number of piperidine rings is 1. The number of carbonyl (C=O) groups is 1. The maximum absolute atomic E-state index is 13.2. The maximum atomic E-state index is 13.2. The first kappa shape index (κ1) is 21.2. The lowest BCUT2D eigenvalue weighted by Gasteiger charge is -2.30. The Bertz CT molecular complexity index is 1060. The van der Waals surface area contributed by atoms with E-state index in [-0.39, 0.29) is 5.41 Å². The van der Waals surface area contributed by atoms with Gasteiger partial charge in [0.15, 0.2) is 9.84 Å². The Morgan fingerprint density at radius 3 is 2.40 bits per heavy atom. The first-order valence-electron chi connectivity index (χ1n) is 10.8. The third-order valence-corrected chi connectivity index (χ3v) is 8.41. The average molecular weight is 433 g/mol.